The highest BCUT2D eigenvalue weighted by atomic mass is 19.3. The van der Waals surface area contributed by atoms with Gasteiger partial charge in [-0.05, 0) is 38.5 Å². The Morgan fingerprint density at radius 1 is 1.25 bits per heavy atom. The van der Waals surface area contributed by atoms with E-state index in [1.54, 1.807) is 32.9 Å². The average molecular weight is 286 g/mol. The quantitative estimate of drug-likeness (QED) is 0.893. The molecular formula is C14H20F2N2O2. The van der Waals surface area contributed by atoms with Crippen molar-refractivity contribution >= 4 is 11.8 Å². The van der Waals surface area contributed by atoms with E-state index >= 15 is 0 Å². The first-order valence-electron chi connectivity index (χ1n) is 6.28. The fourth-order valence-electron chi connectivity index (χ4n) is 1.50. The topological polar surface area (TPSA) is 64.3 Å². The minimum absolute atomic E-state index is 0.420. The third-order valence-electron chi connectivity index (χ3n) is 2.36. The predicted molar refractivity (Wildman–Crippen MR) is 74.0 cm³/mol. The van der Waals surface area contributed by atoms with Gasteiger partial charge in [0.05, 0.1) is 6.54 Å². The number of ether oxygens (including phenoxy) is 1. The highest BCUT2D eigenvalue weighted by Gasteiger charge is 2.26. The van der Waals surface area contributed by atoms with Crippen LogP contribution in [0.5, 0.6) is 0 Å². The van der Waals surface area contributed by atoms with Gasteiger partial charge in [-0.25, -0.2) is 13.6 Å². The monoisotopic (exact) mass is 286 g/mol. The zero-order chi connectivity index (χ0) is 15.4. The first-order chi connectivity index (χ1) is 9.11. The molecule has 0 bridgehead atoms. The fourth-order valence-corrected chi connectivity index (χ4v) is 1.50. The van der Waals surface area contributed by atoms with E-state index in [1.165, 1.54) is 12.1 Å². The maximum absolute atomic E-state index is 13.1. The van der Waals surface area contributed by atoms with E-state index in [0.29, 0.717) is 11.3 Å². The molecule has 1 aromatic rings. The molecule has 4 nitrogen and oxygen atoms in total. The number of carbonyl (C=O) groups excluding carboxylic acids is 1. The fraction of sp³-hybridized carbons (Fsp3) is 0.500. The number of carbonyl (C=O) groups is 1. The normalized spacial score (nSPS) is 12.1. The van der Waals surface area contributed by atoms with Crippen LogP contribution in [0.2, 0.25) is 0 Å². The van der Waals surface area contributed by atoms with E-state index in [1.807, 2.05) is 0 Å². The van der Waals surface area contributed by atoms with Gasteiger partial charge in [-0.1, -0.05) is 12.1 Å². The molecule has 0 atom stereocenters. The number of rotatable bonds is 4. The summed E-state index contributed by atoms with van der Waals surface area (Å²) in [7, 11) is 0. The Bertz CT molecular complexity index is 453. The Morgan fingerprint density at radius 2 is 1.80 bits per heavy atom. The van der Waals surface area contributed by atoms with E-state index in [0.717, 1.165) is 0 Å². The van der Waals surface area contributed by atoms with Crippen molar-refractivity contribution in [2.24, 2.45) is 5.73 Å². The van der Waals surface area contributed by atoms with Crippen molar-refractivity contribution < 1.29 is 18.3 Å². The van der Waals surface area contributed by atoms with Crippen LogP contribution in [0.1, 0.15) is 26.3 Å². The van der Waals surface area contributed by atoms with Gasteiger partial charge < -0.3 is 10.5 Å². The van der Waals surface area contributed by atoms with Crippen LogP contribution >= 0.6 is 0 Å². The van der Waals surface area contributed by atoms with Gasteiger partial charge in [-0.15, -0.1) is 0 Å². The largest absolute Gasteiger partial charge is 0.444 e. The molecule has 0 aliphatic carbocycles. The summed E-state index contributed by atoms with van der Waals surface area (Å²) in [6.45, 7) is 4.57. The van der Waals surface area contributed by atoms with Gasteiger partial charge in [0.1, 0.15) is 5.60 Å². The summed E-state index contributed by atoms with van der Waals surface area (Å²) >= 11 is 0. The molecule has 0 radical (unpaired) electrons. The Balaban J connectivity index is 2.61. The maximum atomic E-state index is 13.1. The number of nitrogens with one attached hydrogen (secondary N) is 1. The van der Waals surface area contributed by atoms with Crippen molar-refractivity contribution in [2.45, 2.75) is 38.7 Å². The number of anilines is 1. The molecule has 0 fully saturated rings. The van der Waals surface area contributed by atoms with E-state index in [9.17, 15) is 13.6 Å². The molecule has 0 aliphatic heterocycles. The molecule has 0 saturated carbocycles. The lowest BCUT2D eigenvalue weighted by Crippen LogP contribution is -2.30. The van der Waals surface area contributed by atoms with Crippen molar-refractivity contribution in [3.05, 3.63) is 29.8 Å². The first-order valence-corrected chi connectivity index (χ1v) is 6.28. The van der Waals surface area contributed by atoms with E-state index in [4.69, 9.17) is 10.5 Å². The molecule has 6 heteroatoms. The van der Waals surface area contributed by atoms with Gasteiger partial charge in [-0.3, -0.25) is 5.32 Å². The average Bonchev–Trinajstić information content (AvgIpc) is 2.29. The Morgan fingerprint density at radius 3 is 2.25 bits per heavy atom. The minimum Gasteiger partial charge on any atom is -0.444 e. The molecule has 0 saturated heterocycles. The van der Waals surface area contributed by atoms with Crippen LogP contribution < -0.4 is 11.1 Å². The van der Waals surface area contributed by atoms with Crippen molar-refractivity contribution in [3.8, 4) is 0 Å². The molecule has 0 spiro atoms. The number of nitrogens with two attached hydrogens (primary N) is 1. The lowest BCUT2D eigenvalue weighted by molar-refractivity contribution is 0.0115. The number of alkyl halides is 2. The molecule has 1 amide bonds. The second-order valence-electron chi connectivity index (χ2n) is 5.56. The van der Waals surface area contributed by atoms with Crippen LogP contribution in [-0.2, 0) is 11.2 Å². The van der Waals surface area contributed by atoms with Crippen LogP contribution in [0.4, 0.5) is 19.3 Å². The second-order valence-corrected chi connectivity index (χ2v) is 5.56. The van der Waals surface area contributed by atoms with Crippen LogP contribution in [0.3, 0.4) is 0 Å². The van der Waals surface area contributed by atoms with Gasteiger partial charge in [0.15, 0.2) is 0 Å². The number of halogens is 2. The van der Waals surface area contributed by atoms with Gasteiger partial charge >= 0.3 is 6.09 Å². The number of hydrogen-bond acceptors (Lipinski definition) is 3. The summed E-state index contributed by atoms with van der Waals surface area (Å²) in [6, 6.07) is 6.14. The van der Waals surface area contributed by atoms with Gasteiger partial charge in [0.25, 0.3) is 5.92 Å². The summed E-state index contributed by atoms with van der Waals surface area (Å²) in [5.74, 6) is -2.92. The second kappa shape index (κ2) is 6.17. The first kappa shape index (κ1) is 16.4. The smallest absolute Gasteiger partial charge is 0.412 e. The molecule has 20 heavy (non-hydrogen) atoms. The summed E-state index contributed by atoms with van der Waals surface area (Å²) in [5, 5.41) is 2.53. The summed E-state index contributed by atoms with van der Waals surface area (Å²) < 4.78 is 31.3. The Labute approximate surface area is 117 Å². The highest BCUT2D eigenvalue weighted by molar-refractivity contribution is 5.84. The molecule has 112 valence electrons. The van der Waals surface area contributed by atoms with E-state index in [-0.39, 0.29) is 0 Å². The summed E-state index contributed by atoms with van der Waals surface area (Å²) in [4.78, 5) is 11.5. The molecule has 0 heterocycles. The molecule has 0 unspecified atom stereocenters. The Kier molecular flexibility index (Phi) is 5.05. The van der Waals surface area contributed by atoms with Crippen molar-refractivity contribution in [3.63, 3.8) is 0 Å². The van der Waals surface area contributed by atoms with Crippen molar-refractivity contribution in [1.29, 1.82) is 0 Å². The SMILES string of the molecule is CC(C)(C)OC(=O)Nc1ccc(CC(F)(F)CN)cc1. The van der Waals surface area contributed by atoms with E-state index in [2.05, 4.69) is 5.32 Å². The van der Waals surface area contributed by atoms with Gasteiger partial charge in [0.2, 0.25) is 0 Å². The van der Waals surface area contributed by atoms with E-state index < -0.39 is 30.6 Å². The van der Waals surface area contributed by atoms with Crippen molar-refractivity contribution in [2.75, 3.05) is 11.9 Å². The van der Waals surface area contributed by atoms with Crippen LogP contribution in [0.15, 0.2) is 24.3 Å². The number of benzene rings is 1. The molecular weight excluding hydrogens is 266 g/mol. The number of hydrogen-bond donors (Lipinski definition) is 2. The van der Waals surface area contributed by atoms with Crippen LogP contribution in [0.25, 0.3) is 0 Å². The van der Waals surface area contributed by atoms with Crippen LogP contribution in [0, 0.1) is 0 Å². The minimum atomic E-state index is -2.92. The third-order valence-corrected chi connectivity index (χ3v) is 2.36. The molecule has 0 aromatic heterocycles. The van der Waals surface area contributed by atoms with Gasteiger partial charge in [-0.2, -0.15) is 0 Å². The summed E-state index contributed by atoms with van der Waals surface area (Å²) in [5.41, 5.74) is 5.33. The summed E-state index contributed by atoms with van der Waals surface area (Å²) in [6.07, 6.45) is -1.01. The molecule has 0 aliphatic rings. The third kappa shape index (κ3) is 5.97. The molecule has 1 aromatic carbocycles. The van der Waals surface area contributed by atoms with Crippen molar-refractivity contribution in [1.82, 2.24) is 0 Å². The number of amides is 1. The lowest BCUT2D eigenvalue weighted by Gasteiger charge is -2.19. The lowest BCUT2D eigenvalue weighted by atomic mass is 10.1. The highest BCUT2D eigenvalue weighted by Crippen LogP contribution is 2.20. The maximum Gasteiger partial charge on any atom is 0.412 e. The Hall–Kier alpha value is -1.69. The zero-order valence-corrected chi connectivity index (χ0v) is 11.9. The van der Waals surface area contributed by atoms with Crippen LogP contribution in [-0.4, -0.2) is 24.2 Å². The molecule has 1 rings (SSSR count). The zero-order valence-electron chi connectivity index (χ0n) is 11.9. The molecule has 3 N–H and O–H groups in total. The van der Waals surface area contributed by atoms with Gasteiger partial charge in [0, 0.05) is 12.1 Å². The predicted octanol–water partition coefficient (Wildman–Crippen LogP) is 3.17. The standard InChI is InChI=1S/C14H20F2N2O2/c1-13(2,3)20-12(19)18-11-6-4-10(5-7-11)8-14(15,16)9-17/h4-7H,8-9,17H2,1-3H3,(H,18,19).